The van der Waals surface area contributed by atoms with Gasteiger partial charge in [0.05, 0.1) is 18.0 Å². The number of nitro groups is 1. The van der Waals surface area contributed by atoms with Crippen LogP contribution in [0.3, 0.4) is 0 Å². The molecule has 1 aliphatic rings. The first-order valence-corrected chi connectivity index (χ1v) is 6.63. The first kappa shape index (κ1) is 15.0. The molecule has 21 heavy (non-hydrogen) atoms. The van der Waals surface area contributed by atoms with E-state index < -0.39 is 4.92 Å². The van der Waals surface area contributed by atoms with E-state index in [-0.39, 0.29) is 23.1 Å². The molecule has 0 atom stereocenters. The Morgan fingerprint density at radius 1 is 1.43 bits per heavy atom. The lowest BCUT2D eigenvalue weighted by atomic mass is 9.96. The maximum atomic E-state index is 11.5. The van der Waals surface area contributed by atoms with Crippen LogP contribution in [-0.2, 0) is 9.53 Å². The molecule has 7 heteroatoms. The van der Waals surface area contributed by atoms with Crippen molar-refractivity contribution < 1.29 is 19.2 Å². The molecule has 1 heterocycles. The van der Waals surface area contributed by atoms with Gasteiger partial charge in [0.25, 0.3) is 5.69 Å². The third kappa shape index (κ3) is 3.18. The van der Waals surface area contributed by atoms with E-state index in [1.54, 1.807) is 12.1 Å². The summed E-state index contributed by atoms with van der Waals surface area (Å²) in [5.41, 5.74) is 0.667. The molecule has 0 unspecified atom stereocenters. The first-order valence-electron chi connectivity index (χ1n) is 6.63. The highest BCUT2D eigenvalue weighted by Gasteiger charge is 2.28. The van der Waals surface area contributed by atoms with Gasteiger partial charge >= 0.3 is 5.97 Å². The zero-order valence-corrected chi connectivity index (χ0v) is 11.7. The smallest absolute Gasteiger partial charge is 0.308 e. The van der Waals surface area contributed by atoms with Gasteiger partial charge in [-0.25, -0.2) is 0 Å². The summed E-state index contributed by atoms with van der Waals surface area (Å²) >= 11 is 0. The van der Waals surface area contributed by atoms with Crippen molar-refractivity contribution >= 4 is 23.6 Å². The van der Waals surface area contributed by atoms with Crippen molar-refractivity contribution in [3.05, 3.63) is 33.9 Å². The number of ether oxygens (including phenoxy) is 1. The summed E-state index contributed by atoms with van der Waals surface area (Å²) in [6.45, 7) is 1.09. The number of rotatable bonds is 4. The minimum atomic E-state index is -0.491. The largest absolute Gasteiger partial charge is 0.469 e. The highest BCUT2D eigenvalue weighted by molar-refractivity contribution is 5.80. The molecule has 0 saturated carbocycles. The number of hydrogen-bond acceptors (Lipinski definition) is 6. The number of methoxy groups -OCH3 is 1. The van der Waals surface area contributed by atoms with Crippen LogP contribution < -0.4 is 4.90 Å². The van der Waals surface area contributed by atoms with Gasteiger partial charge in [-0.1, -0.05) is 0 Å². The molecule has 7 nitrogen and oxygen atoms in total. The van der Waals surface area contributed by atoms with E-state index in [1.807, 2.05) is 4.90 Å². The molecule has 2 rings (SSSR count). The minimum absolute atomic E-state index is 0.0869. The van der Waals surface area contributed by atoms with Gasteiger partial charge in [-0.15, -0.1) is 0 Å². The van der Waals surface area contributed by atoms with Gasteiger partial charge in [-0.2, -0.15) is 0 Å². The van der Waals surface area contributed by atoms with Crippen molar-refractivity contribution in [3.8, 4) is 0 Å². The summed E-state index contributed by atoms with van der Waals surface area (Å²) in [5.74, 6) is -0.389. The number of carbonyl (C=O) groups is 2. The Morgan fingerprint density at radius 3 is 2.62 bits per heavy atom. The SMILES string of the molecule is COC(=O)C1CCN(c2ccc(C=O)cc2[N+](=O)[O-])CC1. The summed E-state index contributed by atoms with van der Waals surface area (Å²) in [7, 11) is 1.36. The Kier molecular flexibility index (Phi) is 4.52. The molecule has 1 aromatic rings. The van der Waals surface area contributed by atoms with Crippen LogP contribution in [0.1, 0.15) is 23.2 Å². The van der Waals surface area contributed by atoms with Gasteiger partial charge in [-0.05, 0) is 25.0 Å². The summed E-state index contributed by atoms with van der Waals surface area (Å²) in [6.07, 6.45) is 1.78. The van der Waals surface area contributed by atoms with E-state index in [0.717, 1.165) is 0 Å². The molecule has 0 bridgehead atoms. The molecule has 1 aromatic carbocycles. The third-order valence-corrected chi connectivity index (χ3v) is 3.70. The number of aldehydes is 1. The van der Waals surface area contributed by atoms with Gasteiger partial charge in [-0.3, -0.25) is 19.7 Å². The van der Waals surface area contributed by atoms with Crippen molar-refractivity contribution in [1.82, 2.24) is 0 Å². The number of anilines is 1. The Labute approximate surface area is 121 Å². The van der Waals surface area contributed by atoms with Gasteiger partial charge in [0.1, 0.15) is 12.0 Å². The number of nitrogens with zero attached hydrogens (tertiary/aromatic N) is 2. The molecular weight excluding hydrogens is 276 g/mol. The topological polar surface area (TPSA) is 89.8 Å². The second kappa shape index (κ2) is 6.34. The fraction of sp³-hybridized carbons (Fsp3) is 0.429. The maximum Gasteiger partial charge on any atom is 0.308 e. The highest BCUT2D eigenvalue weighted by Crippen LogP contribution is 2.32. The molecular formula is C14H16N2O5. The lowest BCUT2D eigenvalue weighted by molar-refractivity contribution is -0.384. The summed E-state index contributed by atoms with van der Waals surface area (Å²) in [6, 6.07) is 4.41. The van der Waals surface area contributed by atoms with Crippen LogP contribution >= 0.6 is 0 Å². The highest BCUT2D eigenvalue weighted by atomic mass is 16.6. The van der Waals surface area contributed by atoms with Gasteiger partial charge in [0, 0.05) is 24.7 Å². The van der Waals surface area contributed by atoms with Crippen LogP contribution in [0.5, 0.6) is 0 Å². The van der Waals surface area contributed by atoms with E-state index in [0.29, 0.717) is 37.9 Å². The average molecular weight is 292 g/mol. The van der Waals surface area contributed by atoms with Gasteiger partial charge in [0.15, 0.2) is 0 Å². The molecule has 0 aliphatic carbocycles. The molecule has 112 valence electrons. The average Bonchev–Trinajstić information content (AvgIpc) is 2.53. The van der Waals surface area contributed by atoms with Gasteiger partial charge in [0.2, 0.25) is 0 Å². The molecule has 0 spiro atoms. The molecule has 1 saturated heterocycles. The summed E-state index contributed by atoms with van der Waals surface area (Å²) < 4.78 is 4.72. The van der Waals surface area contributed by atoms with E-state index in [4.69, 9.17) is 4.74 Å². The van der Waals surface area contributed by atoms with E-state index in [1.165, 1.54) is 13.2 Å². The van der Waals surface area contributed by atoms with E-state index >= 15 is 0 Å². The van der Waals surface area contributed by atoms with Crippen LogP contribution in [-0.4, -0.2) is 37.4 Å². The molecule has 0 aromatic heterocycles. The Hall–Kier alpha value is -2.44. The van der Waals surface area contributed by atoms with Crippen LogP contribution in [0.4, 0.5) is 11.4 Å². The van der Waals surface area contributed by atoms with Crippen molar-refractivity contribution in [3.63, 3.8) is 0 Å². The maximum absolute atomic E-state index is 11.5. The molecule has 1 aliphatic heterocycles. The van der Waals surface area contributed by atoms with E-state index in [9.17, 15) is 19.7 Å². The number of esters is 1. The monoisotopic (exact) mass is 292 g/mol. The number of nitro benzene ring substituents is 1. The molecule has 0 N–H and O–H groups in total. The number of hydrogen-bond donors (Lipinski definition) is 0. The molecule has 0 amide bonds. The van der Waals surface area contributed by atoms with Crippen LogP contribution in [0, 0.1) is 16.0 Å². The third-order valence-electron chi connectivity index (χ3n) is 3.70. The minimum Gasteiger partial charge on any atom is -0.469 e. The number of piperidine rings is 1. The molecule has 0 radical (unpaired) electrons. The Morgan fingerprint density at radius 2 is 2.10 bits per heavy atom. The van der Waals surface area contributed by atoms with Crippen LogP contribution in [0.15, 0.2) is 18.2 Å². The quantitative estimate of drug-likeness (QED) is 0.364. The van der Waals surface area contributed by atoms with Crippen LogP contribution in [0.2, 0.25) is 0 Å². The van der Waals surface area contributed by atoms with Crippen LogP contribution in [0.25, 0.3) is 0 Å². The first-order chi connectivity index (χ1) is 10.1. The second-order valence-electron chi connectivity index (χ2n) is 4.91. The fourth-order valence-corrected chi connectivity index (χ4v) is 2.55. The number of benzene rings is 1. The standard InChI is InChI=1S/C14H16N2O5/c1-21-14(18)11-4-6-15(7-5-11)12-3-2-10(9-17)8-13(12)16(19)20/h2-3,8-9,11H,4-7H2,1H3. The van der Waals surface area contributed by atoms with Crippen molar-refractivity contribution in [2.45, 2.75) is 12.8 Å². The Bertz CT molecular complexity index is 564. The second-order valence-corrected chi connectivity index (χ2v) is 4.91. The normalized spacial score (nSPS) is 15.6. The van der Waals surface area contributed by atoms with Crippen molar-refractivity contribution in [1.29, 1.82) is 0 Å². The molecule has 1 fully saturated rings. The summed E-state index contributed by atoms with van der Waals surface area (Å²) in [4.78, 5) is 34.7. The summed E-state index contributed by atoms with van der Waals surface area (Å²) in [5, 5.41) is 11.1. The zero-order valence-electron chi connectivity index (χ0n) is 11.7. The fourth-order valence-electron chi connectivity index (χ4n) is 2.55. The predicted molar refractivity (Wildman–Crippen MR) is 75.4 cm³/mol. The lowest BCUT2D eigenvalue weighted by Gasteiger charge is -2.32. The lowest BCUT2D eigenvalue weighted by Crippen LogP contribution is -2.37. The predicted octanol–water partition coefficient (Wildman–Crippen LogP) is 1.80. The van der Waals surface area contributed by atoms with Gasteiger partial charge < -0.3 is 9.64 Å². The number of carbonyl (C=O) groups excluding carboxylic acids is 2. The zero-order chi connectivity index (χ0) is 15.4. The Balaban J connectivity index is 2.18. The van der Waals surface area contributed by atoms with E-state index in [2.05, 4.69) is 0 Å². The van der Waals surface area contributed by atoms with Crippen molar-refractivity contribution in [2.24, 2.45) is 5.92 Å². The van der Waals surface area contributed by atoms with Crippen molar-refractivity contribution in [2.75, 3.05) is 25.1 Å².